The van der Waals surface area contributed by atoms with Crippen LogP contribution < -0.4 is 24.8 Å². The van der Waals surface area contributed by atoms with Crippen molar-refractivity contribution < 1.29 is 23.8 Å². The maximum absolute atomic E-state index is 12.6. The number of carbonyl (C=O) groups is 2. The summed E-state index contributed by atoms with van der Waals surface area (Å²) in [5.74, 6) is 1.76. The number of amides is 3. The van der Waals surface area contributed by atoms with Gasteiger partial charge in [0.25, 0.3) is 0 Å². The van der Waals surface area contributed by atoms with Gasteiger partial charge in [-0.1, -0.05) is 18.2 Å². The highest BCUT2D eigenvalue weighted by Gasteiger charge is 2.26. The Balaban J connectivity index is 1.17. The van der Waals surface area contributed by atoms with E-state index in [1.165, 1.54) is 0 Å². The Kier molecular flexibility index (Phi) is 7.64. The first-order valence-electron chi connectivity index (χ1n) is 11.2. The van der Waals surface area contributed by atoms with Gasteiger partial charge in [0.05, 0.1) is 6.04 Å². The van der Waals surface area contributed by atoms with E-state index < -0.39 is 12.1 Å². The van der Waals surface area contributed by atoms with Gasteiger partial charge in [-0.15, -0.1) is 0 Å². The minimum Gasteiger partial charge on any atom is -0.492 e. The highest BCUT2D eigenvalue weighted by atomic mass is 16.6. The molecule has 2 N–H and O–H groups in total. The smallest absolute Gasteiger partial charge is 0.325 e. The Hall–Kier alpha value is -3.30. The van der Waals surface area contributed by atoms with Gasteiger partial charge in [0.15, 0.2) is 11.5 Å². The Labute approximate surface area is 193 Å². The van der Waals surface area contributed by atoms with Crippen molar-refractivity contribution in [3.05, 3.63) is 48.5 Å². The van der Waals surface area contributed by atoms with Gasteiger partial charge in [-0.3, -0.25) is 19.9 Å². The van der Waals surface area contributed by atoms with Crippen molar-refractivity contribution in [1.29, 1.82) is 0 Å². The number of nitrogens with zero attached hydrogens (tertiary/aromatic N) is 2. The summed E-state index contributed by atoms with van der Waals surface area (Å²) in [5, 5.41) is 5.11. The lowest BCUT2D eigenvalue weighted by Crippen LogP contribution is -2.55. The molecule has 1 atom stereocenters. The van der Waals surface area contributed by atoms with Gasteiger partial charge in [-0.05, 0) is 31.2 Å². The van der Waals surface area contributed by atoms with E-state index in [0.29, 0.717) is 37.0 Å². The van der Waals surface area contributed by atoms with Crippen molar-refractivity contribution >= 4 is 17.6 Å². The van der Waals surface area contributed by atoms with Gasteiger partial charge < -0.3 is 19.5 Å². The lowest BCUT2D eigenvalue weighted by Gasteiger charge is -2.37. The van der Waals surface area contributed by atoms with Crippen molar-refractivity contribution in [3.8, 4) is 17.2 Å². The van der Waals surface area contributed by atoms with E-state index in [9.17, 15) is 9.59 Å². The number of urea groups is 1. The molecule has 1 saturated heterocycles. The third-order valence-electron chi connectivity index (χ3n) is 5.79. The summed E-state index contributed by atoms with van der Waals surface area (Å²) in [7, 11) is 0. The van der Waals surface area contributed by atoms with E-state index in [2.05, 4.69) is 20.4 Å². The van der Waals surface area contributed by atoms with Crippen molar-refractivity contribution in [3.63, 3.8) is 0 Å². The molecule has 0 aliphatic carbocycles. The van der Waals surface area contributed by atoms with Crippen molar-refractivity contribution in [2.75, 3.05) is 57.9 Å². The summed E-state index contributed by atoms with van der Waals surface area (Å²) < 4.78 is 16.8. The molecule has 0 saturated carbocycles. The quantitative estimate of drug-likeness (QED) is 0.663. The zero-order valence-corrected chi connectivity index (χ0v) is 18.8. The van der Waals surface area contributed by atoms with E-state index in [4.69, 9.17) is 14.2 Å². The topological polar surface area (TPSA) is 92.4 Å². The fourth-order valence-corrected chi connectivity index (χ4v) is 3.85. The maximum atomic E-state index is 12.6. The summed E-state index contributed by atoms with van der Waals surface area (Å²) >= 11 is 0. The fraction of sp³-hybridized carbons (Fsp3) is 0.417. The van der Waals surface area contributed by atoms with Crippen LogP contribution in [0.15, 0.2) is 48.5 Å². The predicted molar refractivity (Wildman–Crippen MR) is 124 cm³/mol. The zero-order chi connectivity index (χ0) is 23.0. The second-order valence-corrected chi connectivity index (χ2v) is 8.02. The zero-order valence-electron chi connectivity index (χ0n) is 18.8. The second-order valence-electron chi connectivity index (χ2n) is 8.02. The van der Waals surface area contributed by atoms with Crippen LogP contribution in [0.3, 0.4) is 0 Å². The lowest BCUT2D eigenvalue weighted by molar-refractivity contribution is -0.125. The number of para-hydroxylation sites is 1. The number of fused-ring (bicyclic) bond motifs is 1. The molecule has 176 valence electrons. The average Bonchev–Trinajstić information content (AvgIpc) is 2.84. The Morgan fingerprint density at radius 1 is 1.00 bits per heavy atom. The van der Waals surface area contributed by atoms with E-state index in [1.807, 2.05) is 37.3 Å². The molecule has 0 aromatic heterocycles. The largest absolute Gasteiger partial charge is 0.492 e. The SMILES string of the molecule is CC(C(=O)NC(=O)Nc1ccc2c(c1)OCCO2)N1CCN(CCOc2ccccc2)CC1. The van der Waals surface area contributed by atoms with Crippen LogP contribution in [0.1, 0.15) is 6.92 Å². The first-order valence-corrected chi connectivity index (χ1v) is 11.2. The number of benzene rings is 2. The van der Waals surface area contributed by atoms with Crippen molar-refractivity contribution in [2.45, 2.75) is 13.0 Å². The van der Waals surface area contributed by atoms with E-state index in [-0.39, 0.29) is 5.91 Å². The van der Waals surface area contributed by atoms with Crippen LogP contribution in [0, 0.1) is 0 Å². The Morgan fingerprint density at radius 3 is 2.48 bits per heavy atom. The highest BCUT2D eigenvalue weighted by molar-refractivity contribution is 6.02. The summed E-state index contributed by atoms with van der Waals surface area (Å²) in [6.07, 6.45) is 0. The number of anilines is 1. The number of nitrogens with one attached hydrogen (secondary N) is 2. The third kappa shape index (κ3) is 6.36. The molecule has 33 heavy (non-hydrogen) atoms. The van der Waals surface area contributed by atoms with Crippen LogP contribution in [0.4, 0.5) is 10.5 Å². The van der Waals surface area contributed by atoms with Crippen LogP contribution >= 0.6 is 0 Å². The number of rotatable bonds is 7. The molecule has 1 unspecified atom stereocenters. The summed E-state index contributed by atoms with van der Waals surface area (Å²) in [5.41, 5.74) is 0.531. The van der Waals surface area contributed by atoms with E-state index in [1.54, 1.807) is 18.2 Å². The van der Waals surface area contributed by atoms with Crippen LogP contribution in [0.5, 0.6) is 17.2 Å². The molecular weight excluding hydrogens is 424 g/mol. The number of piperazine rings is 1. The van der Waals surface area contributed by atoms with E-state index in [0.717, 1.165) is 38.5 Å². The number of hydrogen-bond acceptors (Lipinski definition) is 7. The van der Waals surface area contributed by atoms with E-state index >= 15 is 0 Å². The Morgan fingerprint density at radius 2 is 1.73 bits per heavy atom. The molecule has 0 bridgehead atoms. The van der Waals surface area contributed by atoms with Gasteiger partial charge in [-0.25, -0.2) is 4.79 Å². The number of imide groups is 1. The molecule has 9 nitrogen and oxygen atoms in total. The molecule has 2 heterocycles. The molecule has 4 rings (SSSR count). The maximum Gasteiger partial charge on any atom is 0.325 e. The lowest BCUT2D eigenvalue weighted by atomic mass is 10.2. The van der Waals surface area contributed by atoms with Crippen LogP contribution in [-0.2, 0) is 4.79 Å². The monoisotopic (exact) mass is 454 g/mol. The van der Waals surface area contributed by atoms with Crippen LogP contribution in [0.25, 0.3) is 0 Å². The molecular formula is C24H30N4O5. The molecule has 3 amide bonds. The number of ether oxygens (including phenoxy) is 3. The molecule has 2 aromatic carbocycles. The molecule has 2 aromatic rings. The highest BCUT2D eigenvalue weighted by Crippen LogP contribution is 2.32. The Bertz CT molecular complexity index is 947. The summed E-state index contributed by atoms with van der Waals surface area (Å²) in [4.78, 5) is 29.3. The molecule has 0 radical (unpaired) electrons. The van der Waals surface area contributed by atoms with Gasteiger partial charge in [0.2, 0.25) is 5.91 Å². The second kappa shape index (κ2) is 11.0. The van der Waals surface area contributed by atoms with Gasteiger partial charge in [0, 0.05) is 44.5 Å². The fourth-order valence-electron chi connectivity index (χ4n) is 3.85. The molecule has 2 aliphatic rings. The van der Waals surface area contributed by atoms with Crippen molar-refractivity contribution in [2.24, 2.45) is 0 Å². The number of carbonyl (C=O) groups excluding carboxylic acids is 2. The average molecular weight is 455 g/mol. The first kappa shape index (κ1) is 22.9. The minimum absolute atomic E-state index is 0.328. The third-order valence-corrected chi connectivity index (χ3v) is 5.79. The molecule has 0 spiro atoms. The molecule has 2 aliphatic heterocycles. The van der Waals surface area contributed by atoms with Crippen LogP contribution in [-0.4, -0.2) is 80.3 Å². The molecule has 1 fully saturated rings. The first-order chi connectivity index (χ1) is 16.1. The van der Waals surface area contributed by atoms with Gasteiger partial charge in [-0.2, -0.15) is 0 Å². The molecule has 9 heteroatoms. The normalized spacial score (nSPS) is 17.1. The standard InChI is InChI=1S/C24H30N4O5/c1-18(28-11-9-27(10-12-28)13-14-31-20-5-3-2-4-6-20)23(29)26-24(30)25-19-7-8-21-22(17-19)33-16-15-32-21/h2-8,17-18H,9-16H2,1H3,(H2,25,26,29,30). The van der Waals surface area contributed by atoms with Gasteiger partial charge in [0.1, 0.15) is 25.6 Å². The minimum atomic E-state index is -0.569. The predicted octanol–water partition coefficient (Wildman–Crippen LogP) is 2.19. The summed E-state index contributed by atoms with van der Waals surface area (Å²) in [6, 6.07) is 13.9. The van der Waals surface area contributed by atoms with Crippen molar-refractivity contribution in [1.82, 2.24) is 15.1 Å². The number of hydrogen-bond donors (Lipinski definition) is 2. The van der Waals surface area contributed by atoms with Gasteiger partial charge >= 0.3 is 6.03 Å². The summed E-state index contributed by atoms with van der Waals surface area (Å²) in [6.45, 7) is 7.45. The van der Waals surface area contributed by atoms with Crippen LogP contribution in [0.2, 0.25) is 0 Å².